The van der Waals surface area contributed by atoms with E-state index in [1.807, 2.05) is 0 Å². The van der Waals surface area contributed by atoms with Crippen molar-refractivity contribution < 1.29 is 14.7 Å². The smallest absolute Gasteiger partial charge is 0.333 e. The van der Waals surface area contributed by atoms with Crippen LogP contribution in [0.1, 0.15) is 13.3 Å². The number of amides is 1. The Labute approximate surface area is 59.9 Å². The number of carbonyl (C=O) groups is 2. The highest BCUT2D eigenvalue weighted by molar-refractivity contribution is 6.73. The third-order valence-electron chi connectivity index (χ3n) is 0.886. The standard InChI is InChI=1S/C5H9BNO3/c1-2-4(9)6-7-5(10)3-8/h8H,2-3H2,1H3,(H,7,10). The number of rotatable bonds is 4. The van der Waals surface area contributed by atoms with Crippen molar-refractivity contribution in [1.82, 2.24) is 5.23 Å². The molecule has 0 heterocycles. The summed E-state index contributed by atoms with van der Waals surface area (Å²) in [5, 5.41) is 10.3. The SMILES string of the molecule is CCC(=O)[B]NC(=O)CO. The zero-order chi connectivity index (χ0) is 7.98. The van der Waals surface area contributed by atoms with Crippen LogP contribution in [0, 0.1) is 0 Å². The number of carbonyl (C=O) groups excluding carboxylic acids is 2. The Morgan fingerprint density at radius 1 is 1.60 bits per heavy atom. The van der Waals surface area contributed by atoms with Gasteiger partial charge in [0.25, 0.3) is 0 Å². The molecule has 0 spiro atoms. The highest BCUT2D eigenvalue weighted by Crippen LogP contribution is 1.73. The highest BCUT2D eigenvalue weighted by Gasteiger charge is 2.04. The summed E-state index contributed by atoms with van der Waals surface area (Å²) >= 11 is 0. The van der Waals surface area contributed by atoms with E-state index >= 15 is 0 Å². The number of aliphatic hydroxyl groups is 1. The summed E-state index contributed by atoms with van der Waals surface area (Å²) in [4.78, 5) is 20.8. The molecule has 0 fully saturated rings. The summed E-state index contributed by atoms with van der Waals surface area (Å²) in [6.45, 7) is 1.09. The van der Waals surface area contributed by atoms with Gasteiger partial charge in [0.15, 0.2) is 0 Å². The quantitative estimate of drug-likeness (QED) is 0.477. The van der Waals surface area contributed by atoms with Crippen LogP contribution in [-0.4, -0.2) is 30.7 Å². The van der Waals surface area contributed by atoms with Crippen LogP contribution < -0.4 is 5.23 Å². The van der Waals surface area contributed by atoms with E-state index in [2.05, 4.69) is 5.23 Å². The minimum Gasteiger partial charge on any atom is -0.394 e. The van der Waals surface area contributed by atoms with E-state index in [0.717, 1.165) is 7.41 Å². The van der Waals surface area contributed by atoms with Crippen molar-refractivity contribution in [3.8, 4) is 0 Å². The first-order chi connectivity index (χ1) is 4.70. The van der Waals surface area contributed by atoms with Crippen molar-refractivity contribution in [3.05, 3.63) is 0 Å². The maximum Gasteiger partial charge on any atom is 0.333 e. The molecule has 0 bridgehead atoms. The van der Waals surface area contributed by atoms with E-state index in [4.69, 9.17) is 5.11 Å². The first-order valence-corrected chi connectivity index (χ1v) is 2.97. The zero-order valence-electron chi connectivity index (χ0n) is 5.76. The second kappa shape index (κ2) is 4.99. The van der Waals surface area contributed by atoms with Crippen LogP contribution in [-0.2, 0) is 9.59 Å². The molecular weight excluding hydrogens is 133 g/mol. The fourth-order valence-corrected chi connectivity index (χ4v) is 0.309. The van der Waals surface area contributed by atoms with Gasteiger partial charge in [0, 0.05) is 0 Å². The molecule has 4 nitrogen and oxygen atoms in total. The molecule has 0 aromatic carbocycles. The Bertz CT molecular complexity index is 121. The average molecular weight is 142 g/mol. The van der Waals surface area contributed by atoms with E-state index in [1.54, 1.807) is 6.92 Å². The minimum atomic E-state index is -0.590. The molecule has 0 atom stereocenters. The summed E-state index contributed by atoms with van der Waals surface area (Å²) in [5.41, 5.74) is -0.165. The zero-order valence-corrected chi connectivity index (χ0v) is 5.76. The predicted molar refractivity (Wildman–Crippen MR) is 36.3 cm³/mol. The third kappa shape index (κ3) is 4.08. The summed E-state index contributed by atoms with van der Waals surface area (Å²) in [6.07, 6.45) is 0.353. The van der Waals surface area contributed by atoms with Gasteiger partial charge < -0.3 is 15.1 Å². The van der Waals surface area contributed by atoms with Crippen molar-refractivity contribution in [3.63, 3.8) is 0 Å². The molecule has 0 aliphatic carbocycles. The van der Waals surface area contributed by atoms with Gasteiger partial charge in [0.1, 0.15) is 12.3 Å². The maximum atomic E-state index is 10.5. The van der Waals surface area contributed by atoms with Crippen molar-refractivity contribution in [2.24, 2.45) is 0 Å². The molecule has 0 rings (SSSR count). The first-order valence-electron chi connectivity index (χ1n) is 2.97. The van der Waals surface area contributed by atoms with Gasteiger partial charge in [-0.3, -0.25) is 4.79 Å². The molecule has 0 aromatic rings. The van der Waals surface area contributed by atoms with E-state index < -0.39 is 12.5 Å². The number of hydrogen-bond acceptors (Lipinski definition) is 3. The van der Waals surface area contributed by atoms with Gasteiger partial charge >= 0.3 is 7.41 Å². The van der Waals surface area contributed by atoms with Crippen LogP contribution >= 0.6 is 0 Å². The lowest BCUT2D eigenvalue weighted by Crippen LogP contribution is -2.34. The van der Waals surface area contributed by atoms with Gasteiger partial charge in [-0.1, -0.05) is 6.92 Å². The first kappa shape index (κ1) is 9.16. The molecule has 2 N–H and O–H groups in total. The monoisotopic (exact) mass is 142 g/mol. The van der Waals surface area contributed by atoms with Crippen molar-refractivity contribution in [2.75, 3.05) is 6.61 Å². The molecule has 0 aliphatic heterocycles. The van der Waals surface area contributed by atoms with Crippen molar-refractivity contribution >= 4 is 19.0 Å². The molecule has 0 aliphatic rings. The van der Waals surface area contributed by atoms with Gasteiger partial charge in [-0.05, 0) is 6.42 Å². The maximum absolute atomic E-state index is 10.5. The van der Waals surface area contributed by atoms with Crippen LogP contribution in [0.25, 0.3) is 0 Å². The van der Waals surface area contributed by atoms with Gasteiger partial charge in [-0.2, -0.15) is 0 Å². The normalized spacial score (nSPS) is 8.60. The average Bonchev–Trinajstić information content (AvgIpc) is 1.99. The molecule has 0 unspecified atom stereocenters. The van der Waals surface area contributed by atoms with E-state index in [1.165, 1.54) is 0 Å². The molecule has 10 heavy (non-hydrogen) atoms. The van der Waals surface area contributed by atoms with Gasteiger partial charge in [-0.25, -0.2) is 0 Å². The fourth-order valence-electron chi connectivity index (χ4n) is 0.309. The van der Waals surface area contributed by atoms with Crippen LogP contribution in [0.2, 0.25) is 0 Å². The second-order valence-corrected chi connectivity index (χ2v) is 1.69. The summed E-state index contributed by atoms with van der Waals surface area (Å²) in [7, 11) is 1.05. The summed E-state index contributed by atoms with van der Waals surface area (Å²) in [5.74, 6) is -0.568. The van der Waals surface area contributed by atoms with Crippen LogP contribution in [0.15, 0.2) is 0 Å². The molecule has 5 heteroatoms. The van der Waals surface area contributed by atoms with Crippen LogP contribution in [0.3, 0.4) is 0 Å². The molecule has 0 aromatic heterocycles. The Balaban J connectivity index is 3.35. The van der Waals surface area contributed by atoms with Crippen molar-refractivity contribution in [1.29, 1.82) is 0 Å². The van der Waals surface area contributed by atoms with Gasteiger partial charge in [0.05, 0.1) is 0 Å². The molecule has 55 valence electrons. The topological polar surface area (TPSA) is 66.4 Å². The number of nitrogens with one attached hydrogen (secondary N) is 1. The van der Waals surface area contributed by atoms with Gasteiger partial charge in [0.2, 0.25) is 5.91 Å². The van der Waals surface area contributed by atoms with E-state index in [-0.39, 0.29) is 5.68 Å². The lowest BCUT2D eigenvalue weighted by atomic mass is 9.85. The third-order valence-corrected chi connectivity index (χ3v) is 0.886. The fraction of sp³-hybridized carbons (Fsp3) is 0.600. The second-order valence-electron chi connectivity index (χ2n) is 1.69. The number of hydrogen-bond donors (Lipinski definition) is 2. The minimum absolute atomic E-state index is 0.165. The Hall–Kier alpha value is -0.835. The summed E-state index contributed by atoms with van der Waals surface area (Å²) < 4.78 is 0. The molecule has 1 radical (unpaired) electrons. The largest absolute Gasteiger partial charge is 0.394 e. The molecule has 1 amide bonds. The van der Waals surface area contributed by atoms with E-state index in [9.17, 15) is 9.59 Å². The molecule has 0 saturated carbocycles. The highest BCUT2D eigenvalue weighted by atomic mass is 16.3. The van der Waals surface area contributed by atoms with Crippen LogP contribution in [0.5, 0.6) is 0 Å². The van der Waals surface area contributed by atoms with Crippen molar-refractivity contribution in [2.45, 2.75) is 13.3 Å². The Kier molecular flexibility index (Phi) is 4.57. The molecule has 0 saturated heterocycles. The Morgan fingerprint density at radius 2 is 2.20 bits per heavy atom. The number of aliphatic hydroxyl groups excluding tert-OH is 1. The Morgan fingerprint density at radius 3 is 2.60 bits per heavy atom. The lowest BCUT2D eigenvalue weighted by Gasteiger charge is -1.96. The van der Waals surface area contributed by atoms with Crippen LogP contribution in [0.4, 0.5) is 0 Å². The predicted octanol–water partition coefficient (Wildman–Crippen LogP) is -1.35. The molecular formula is C5H9BNO3. The lowest BCUT2D eigenvalue weighted by molar-refractivity contribution is -0.122. The van der Waals surface area contributed by atoms with Gasteiger partial charge in [-0.15, -0.1) is 0 Å². The van der Waals surface area contributed by atoms with E-state index in [0.29, 0.717) is 6.42 Å². The summed E-state index contributed by atoms with van der Waals surface area (Å²) in [6, 6.07) is 0.